The maximum atomic E-state index is 12.1. The predicted octanol–water partition coefficient (Wildman–Crippen LogP) is 2.94. The molecule has 3 nitrogen and oxygen atoms in total. The van der Waals surface area contributed by atoms with Crippen molar-refractivity contribution in [1.82, 2.24) is 4.57 Å². The van der Waals surface area contributed by atoms with E-state index in [0.717, 1.165) is 11.1 Å². The second-order valence-corrected chi connectivity index (χ2v) is 5.47. The molecule has 2 aromatic rings. The molecule has 108 valence electrons. The lowest BCUT2D eigenvalue weighted by Crippen LogP contribution is -2.28. The lowest BCUT2D eigenvalue weighted by atomic mass is 10.1. The fourth-order valence-corrected chi connectivity index (χ4v) is 1.99. The number of benzene rings is 1. The van der Waals surface area contributed by atoms with Crippen LogP contribution in [0, 0.1) is 5.92 Å². The first-order valence-corrected chi connectivity index (χ1v) is 7.20. The summed E-state index contributed by atoms with van der Waals surface area (Å²) in [6.07, 6.45) is 5.69. The van der Waals surface area contributed by atoms with Crippen molar-refractivity contribution in [1.29, 1.82) is 0 Å². The number of rotatable bonds is 5. The monoisotopic (exact) mass is 298 g/mol. The number of hydrogen-bond acceptors (Lipinski definition) is 2. The maximum Gasteiger partial charge on any atom is 0.251 e. The quantitative estimate of drug-likeness (QED) is 0.863. The average molecular weight is 298 g/mol. The van der Waals surface area contributed by atoms with Gasteiger partial charge < -0.3 is 10.3 Å². The summed E-state index contributed by atoms with van der Waals surface area (Å²) in [5.41, 5.74) is 7.51. The smallest absolute Gasteiger partial charge is 0.251 e. The van der Waals surface area contributed by atoms with E-state index in [2.05, 4.69) is 0 Å². The van der Waals surface area contributed by atoms with Gasteiger partial charge in [0.1, 0.15) is 0 Å². The van der Waals surface area contributed by atoms with E-state index in [1.807, 2.05) is 55.5 Å². The van der Waals surface area contributed by atoms with Gasteiger partial charge in [-0.15, -0.1) is 0 Å². The van der Waals surface area contributed by atoms with Crippen LogP contribution in [0.5, 0.6) is 0 Å². The predicted molar refractivity (Wildman–Crippen MR) is 92.0 cm³/mol. The molecule has 0 aliphatic carbocycles. The SMILES string of the molecule is CC(Cn1ccc(/C=C/c2ccccc2)cc1=O)C(N)=S. The molecule has 1 unspecified atom stereocenters. The molecule has 4 heteroatoms. The molecule has 2 N–H and O–H groups in total. The third kappa shape index (κ3) is 4.39. The van der Waals surface area contributed by atoms with Crippen molar-refractivity contribution in [2.75, 3.05) is 0 Å². The van der Waals surface area contributed by atoms with Gasteiger partial charge >= 0.3 is 0 Å². The zero-order chi connectivity index (χ0) is 15.2. The summed E-state index contributed by atoms with van der Waals surface area (Å²) in [5.74, 6) is 0.00316. The summed E-state index contributed by atoms with van der Waals surface area (Å²) in [5, 5.41) is 0. The molecule has 0 fully saturated rings. The Kier molecular flexibility index (Phi) is 5.06. The first kappa shape index (κ1) is 15.2. The number of thiocarbonyl (C=S) groups is 1. The minimum Gasteiger partial charge on any atom is -0.393 e. The van der Waals surface area contributed by atoms with E-state index in [0.29, 0.717) is 11.5 Å². The van der Waals surface area contributed by atoms with E-state index < -0.39 is 0 Å². The zero-order valence-electron chi connectivity index (χ0n) is 11.9. The van der Waals surface area contributed by atoms with Crippen molar-refractivity contribution >= 4 is 29.4 Å². The van der Waals surface area contributed by atoms with Gasteiger partial charge in [-0.1, -0.05) is 61.6 Å². The Labute approximate surface area is 129 Å². The fraction of sp³-hybridized carbons (Fsp3) is 0.176. The molecule has 1 heterocycles. The highest BCUT2D eigenvalue weighted by atomic mass is 32.1. The van der Waals surface area contributed by atoms with Gasteiger partial charge in [-0.2, -0.15) is 0 Å². The van der Waals surface area contributed by atoms with Gasteiger partial charge in [0, 0.05) is 24.7 Å². The Morgan fingerprint density at radius 1 is 1.24 bits per heavy atom. The van der Waals surface area contributed by atoms with Crippen LogP contribution < -0.4 is 11.3 Å². The van der Waals surface area contributed by atoms with Gasteiger partial charge in [0.05, 0.1) is 4.99 Å². The molecule has 0 aliphatic rings. The van der Waals surface area contributed by atoms with Crippen LogP contribution in [-0.2, 0) is 6.54 Å². The van der Waals surface area contributed by atoms with Crippen molar-refractivity contribution in [3.63, 3.8) is 0 Å². The minimum absolute atomic E-state index is 0.00316. The fourth-order valence-electron chi connectivity index (χ4n) is 1.92. The summed E-state index contributed by atoms with van der Waals surface area (Å²) < 4.78 is 1.63. The van der Waals surface area contributed by atoms with Crippen LogP contribution in [0.2, 0.25) is 0 Å². The van der Waals surface area contributed by atoms with E-state index in [1.165, 1.54) is 0 Å². The van der Waals surface area contributed by atoms with Gasteiger partial charge in [-0.3, -0.25) is 4.79 Å². The Bertz CT molecular complexity index is 704. The number of aromatic nitrogens is 1. The van der Waals surface area contributed by atoms with Gasteiger partial charge in [-0.05, 0) is 17.2 Å². The highest BCUT2D eigenvalue weighted by Gasteiger charge is 2.06. The topological polar surface area (TPSA) is 48.0 Å². The molecule has 21 heavy (non-hydrogen) atoms. The van der Waals surface area contributed by atoms with Crippen LogP contribution in [-0.4, -0.2) is 9.56 Å². The van der Waals surface area contributed by atoms with E-state index in [-0.39, 0.29) is 11.5 Å². The first-order chi connectivity index (χ1) is 10.1. The lowest BCUT2D eigenvalue weighted by Gasteiger charge is -2.11. The van der Waals surface area contributed by atoms with E-state index in [9.17, 15) is 4.79 Å². The Morgan fingerprint density at radius 2 is 1.90 bits per heavy atom. The molecule has 0 radical (unpaired) electrons. The third-order valence-corrected chi connectivity index (χ3v) is 3.65. The van der Waals surface area contributed by atoms with Gasteiger partial charge in [0.15, 0.2) is 0 Å². The largest absolute Gasteiger partial charge is 0.393 e. The van der Waals surface area contributed by atoms with Crippen LogP contribution >= 0.6 is 12.2 Å². The minimum atomic E-state index is -0.0479. The van der Waals surface area contributed by atoms with Crippen LogP contribution in [0.4, 0.5) is 0 Å². The summed E-state index contributed by atoms with van der Waals surface area (Å²) in [4.78, 5) is 12.5. The molecule has 2 rings (SSSR count). The second kappa shape index (κ2) is 6.99. The summed E-state index contributed by atoms with van der Waals surface area (Å²) in [6.45, 7) is 2.43. The van der Waals surface area contributed by atoms with Gasteiger partial charge in [0.2, 0.25) is 0 Å². The molecule has 0 spiro atoms. The zero-order valence-corrected chi connectivity index (χ0v) is 12.7. The number of hydrogen-bond donors (Lipinski definition) is 1. The first-order valence-electron chi connectivity index (χ1n) is 6.79. The van der Waals surface area contributed by atoms with Crippen LogP contribution in [0.15, 0.2) is 53.5 Å². The molecular weight excluding hydrogens is 280 g/mol. The number of nitrogens with two attached hydrogens (primary N) is 1. The highest BCUT2D eigenvalue weighted by Crippen LogP contribution is 2.07. The van der Waals surface area contributed by atoms with E-state index in [1.54, 1.807) is 16.8 Å². The molecule has 1 atom stereocenters. The Hall–Kier alpha value is -2.20. The maximum absolute atomic E-state index is 12.1. The van der Waals surface area contributed by atoms with Crippen molar-refractivity contribution in [3.05, 3.63) is 70.1 Å². The molecule has 1 aromatic carbocycles. The standard InChI is InChI=1S/C17H18N2OS/c1-13(17(18)21)12-19-10-9-15(11-16(19)20)8-7-14-5-3-2-4-6-14/h2-11,13H,12H2,1H3,(H2,18,21)/b8-7+. The van der Waals surface area contributed by atoms with Crippen molar-refractivity contribution in [2.24, 2.45) is 11.7 Å². The molecule has 0 bridgehead atoms. The molecular formula is C17H18N2OS. The normalized spacial score (nSPS) is 12.4. The molecule has 1 aromatic heterocycles. The molecule has 0 aliphatic heterocycles. The molecule has 0 amide bonds. The van der Waals surface area contributed by atoms with Gasteiger partial charge in [-0.25, -0.2) is 0 Å². The van der Waals surface area contributed by atoms with Crippen LogP contribution in [0.1, 0.15) is 18.1 Å². The van der Waals surface area contributed by atoms with E-state index >= 15 is 0 Å². The Balaban J connectivity index is 2.14. The third-order valence-electron chi connectivity index (χ3n) is 3.24. The summed E-state index contributed by atoms with van der Waals surface area (Å²) in [7, 11) is 0. The van der Waals surface area contributed by atoms with Crippen LogP contribution in [0.25, 0.3) is 12.2 Å². The second-order valence-electron chi connectivity index (χ2n) is 5.00. The number of nitrogens with zero attached hydrogens (tertiary/aromatic N) is 1. The number of pyridine rings is 1. The lowest BCUT2D eigenvalue weighted by molar-refractivity contribution is 0.581. The van der Waals surface area contributed by atoms with Gasteiger partial charge in [0.25, 0.3) is 5.56 Å². The summed E-state index contributed by atoms with van der Waals surface area (Å²) in [6, 6.07) is 13.5. The van der Waals surface area contributed by atoms with E-state index in [4.69, 9.17) is 18.0 Å². The van der Waals surface area contributed by atoms with Crippen molar-refractivity contribution in [3.8, 4) is 0 Å². The summed E-state index contributed by atoms with van der Waals surface area (Å²) >= 11 is 4.93. The van der Waals surface area contributed by atoms with Crippen LogP contribution in [0.3, 0.4) is 0 Å². The highest BCUT2D eigenvalue weighted by molar-refractivity contribution is 7.80. The van der Waals surface area contributed by atoms with Crippen molar-refractivity contribution < 1.29 is 0 Å². The Morgan fingerprint density at radius 3 is 2.52 bits per heavy atom. The van der Waals surface area contributed by atoms with Crippen molar-refractivity contribution in [2.45, 2.75) is 13.5 Å². The molecule has 0 saturated carbocycles. The molecule has 0 saturated heterocycles. The average Bonchev–Trinajstić information content (AvgIpc) is 2.48.